The molecule has 0 spiro atoms. The van der Waals surface area contributed by atoms with Crippen LogP contribution in [0.25, 0.3) is 0 Å². The number of rotatable bonds is 5. The molecule has 0 aromatic heterocycles. The van der Waals surface area contributed by atoms with Gasteiger partial charge in [0.25, 0.3) is 0 Å². The number of hydrazine groups is 1. The van der Waals surface area contributed by atoms with Crippen molar-refractivity contribution in [1.82, 2.24) is 10.4 Å². The fraction of sp³-hybridized carbons (Fsp3) is 0.417. The Kier molecular flexibility index (Phi) is 5.49. The van der Waals surface area contributed by atoms with Crippen LogP contribution in [0.15, 0.2) is 28.7 Å². The number of hydrogen-bond acceptors (Lipinski definition) is 2. The van der Waals surface area contributed by atoms with Gasteiger partial charge in [0.15, 0.2) is 0 Å². The Balaban J connectivity index is 2.28. The van der Waals surface area contributed by atoms with E-state index >= 15 is 0 Å². The van der Waals surface area contributed by atoms with E-state index in [1.807, 2.05) is 26.2 Å². The van der Waals surface area contributed by atoms with Gasteiger partial charge >= 0.3 is 0 Å². The first kappa shape index (κ1) is 13.2. The molecule has 1 aromatic carbocycles. The maximum absolute atomic E-state index is 11.3. The summed E-state index contributed by atoms with van der Waals surface area (Å²) in [6.45, 7) is 0. The highest BCUT2D eigenvalue weighted by molar-refractivity contribution is 9.10. The third kappa shape index (κ3) is 5.28. The number of carbonyl (C=O) groups is 1. The van der Waals surface area contributed by atoms with E-state index < -0.39 is 0 Å². The van der Waals surface area contributed by atoms with Crippen LogP contribution in [0.3, 0.4) is 0 Å². The predicted octanol–water partition coefficient (Wildman–Crippen LogP) is 2.36. The molecular weight excluding hydrogens is 268 g/mol. The molecule has 0 saturated heterocycles. The quantitative estimate of drug-likeness (QED) is 0.842. The van der Waals surface area contributed by atoms with Gasteiger partial charge in [0, 0.05) is 25.0 Å². The second-order valence-corrected chi connectivity index (χ2v) is 4.83. The van der Waals surface area contributed by atoms with Crippen molar-refractivity contribution in [1.29, 1.82) is 0 Å². The van der Waals surface area contributed by atoms with Gasteiger partial charge < -0.3 is 0 Å². The third-order valence-electron chi connectivity index (χ3n) is 2.11. The molecule has 88 valence electrons. The van der Waals surface area contributed by atoms with E-state index in [9.17, 15) is 4.79 Å². The van der Waals surface area contributed by atoms with Gasteiger partial charge in [-0.15, -0.1) is 0 Å². The van der Waals surface area contributed by atoms with Gasteiger partial charge in [0.2, 0.25) is 5.91 Å². The summed E-state index contributed by atoms with van der Waals surface area (Å²) in [5, 5.41) is 1.67. The topological polar surface area (TPSA) is 32.3 Å². The number of nitrogens with zero attached hydrogens (tertiary/aromatic N) is 1. The third-order valence-corrected chi connectivity index (χ3v) is 2.60. The van der Waals surface area contributed by atoms with Crippen LogP contribution in [-0.2, 0) is 11.2 Å². The average Bonchev–Trinajstić information content (AvgIpc) is 2.16. The highest BCUT2D eigenvalue weighted by atomic mass is 79.9. The molecule has 0 aliphatic carbocycles. The molecule has 4 heteroatoms. The van der Waals surface area contributed by atoms with Crippen molar-refractivity contribution in [2.75, 3.05) is 14.1 Å². The van der Waals surface area contributed by atoms with Crippen molar-refractivity contribution in [2.45, 2.75) is 19.3 Å². The molecule has 0 saturated carbocycles. The van der Waals surface area contributed by atoms with Gasteiger partial charge in [0.05, 0.1) is 0 Å². The van der Waals surface area contributed by atoms with Crippen LogP contribution >= 0.6 is 15.9 Å². The number of benzene rings is 1. The van der Waals surface area contributed by atoms with Crippen LogP contribution in [0.1, 0.15) is 18.4 Å². The Labute approximate surface area is 105 Å². The molecule has 1 N–H and O–H groups in total. The minimum Gasteiger partial charge on any atom is -0.289 e. The van der Waals surface area contributed by atoms with Crippen LogP contribution in [-0.4, -0.2) is 25.0 Å². The summed E-state index contributed by atoms with van der Waals surface area (Å²) in [5.74, 6) is 0.0694. The van der Waals surface area contributed by atoms with Crippen molar-refractivity contribution in [3.8, 4) is 0 Å². The molecule has 1 rings (SSSR count). The minimum atomic E-state index is 0.0694. The molecule has 0 bridgehead atoms. The van der Waals surface area contributed by atoms with Gasteiger partial charge in [0.1, 0.15) is 0 Å². The zero-order chi connectivity index (χ0) is 12.0. The van der Waals surface area contributed by atoms with Gasteiger partial charge in [-0.25, -0.2) is 5.01 Å². The highest BCUT2D eigenvalue weighted by Gasteiger charge is 2.02. The Morgan fingerprint density at radius 1 is 1.44 bits per heavy atom. The fourth-order valence-corrected chi connectivity index (χ4v) is 1.90. The van der Waals surface area contributed by atoms with Crippen LogP contribution in [0, 0.1) is 0 Å². The zero-order valence-electron chi connectivity index (χ0n) is 9.66. The van der Waals surface area contributed by atoms with Crippen LogP contribution < -0.4 is 5.43 Å². The normalized spacial score (nSPS) is 10.5. The van der Waals surface area contributed by atoms with Gasteiger partial charge in [-0.3, -0.25) is 10.2 Å². The maximum atomic E-state index is 11.3. The standard InChI is InChI=1S/C12H17BrN2O/c1-15(2)14-12(16)8-4-6-10-5-3-7-11(13)9-10/h3,5,7,9H,4,6,8H2,1-2H3,(H,14,16). The maximum Gasteiger partial charge on any atom is 0.234 e. The summed E-state index contributed by atoms with van der Waals surface area (Å²) < 4.78 is 1.09. The van der Waals surface area contributed by atoms with Gasteiger partial charge in [-0.1, -0.05) is 28.1 Å². The Morgan fingerprint density at radius 2 is 2.19 bits per heavy atom. The van der Waals surface area contributed by atoms with E-state index in [-0.39, 0.29) is 5.91 Å². The number of amides is 1. The second kappa shape index (κ2) is 6.66. The zero-order valence-corrected chi connectivity index (χ0v) is 11.3. The molecular formula is C12H17BrN2O. The summed E-state index contributed by atoms with van der Waals surface area (Å²) in [4.78, 5) is 11.3. The lowest BCUT2D eigenvalue weighted by Crippen LogP contribution is -2.35. The summed E-state index contributed by atoms with van der Waals surface area (Å²) in [6, 6.07) is 8.18. The summed E-state index contributed by atoms with van der Waals surface area (Å²) >= 11 is 3.43. The van der Waals surface area contributed by atoms with E-state index in [1.54, 1.807) is 5.01 Å². The molecule has 0 aliphatic heterocycles. The fourth-order valence-electron chi connectivity index (χ4n) is 1.45. The molecule has 1 aromatic rings. The number of aryl methyl sites for hydroxylation is 1. The largest absolute Gasteiger partial charge is 0.289 e. The van der Waals surface area contributed by atoms with E-state index in [0.29, 0.717) is 6.42 Å². The number of halogens is 1. The summed E-state index contributed by atoms with van der Waals surface area (Å²) in [5.41, 5.74) is 3.98. The molecule has 3 nitrogen and oxygen atoms in total. The Bertz CT molecular complexity index is 353. The van der Waals surface area contributed by atoms with Gasteiger partial charge in [-0.2, -0.15) is 0 Å². The lowest BCUT2D eigenvalue weighted by Gasteiger charge is -2.11. The molecule has 0 unspecified atom stereocenters. The van der Waals surface area contributed by atoms with Crippen LogP contribution in [0.2, 0.25) is 0 Å². The summed E-state index contributed by atoms with van der Waals surface area (Å²) in [6.07, 6.45) is 2.36. The molecule has 0 aliphatic rings. The highest BCUT2D eigenvalue weighted by Crippen LogP contribution is 2.13. The number of hydrogen-bond donors (Lipinski definition) is 1. The van der Waals surface area contributed by atoms with Crippen molar-refractivity contribution in [3.63, 3.8) is 0 Å². The van der Waals surface area contributed by atoms with Crippen LogP contribution in [0.4, 0.5) is 0 Å². The lowest BCUT2D eigenvalue weighted by atomic mass is 10.1. The molecule has 0 heterocycles. The summed E-state index contributed by atoms with van der Waals surface area (Å²) in [7, 11) is 3.62. The molecule has 0 atom stereocenters. The van der Waals surface area contributed by atoms with E-state index in [1.165, 1.54) is 5.56 Å². The lowest BCUT2D eigenvalue weighted by molar-refractivity contribution is -0.124. The average molecular weight is 285 g/mol. The molecule has 0 radical (unpaired) electrons. The predicted molar refractivity (Wildman–Crippen MR) is 68.9 cm³/mol. The minimum absolute atomic E-state index is 0.0694. The first-order valence-electron chi connectivity index (χ1n) is 5.29. The van der Waals surface area contributed by atoms with Crippen LogP contribution in [0.5, 0.6) is 0 Å². The molecule has 1 amide bonds. The van der Waals surface area contributed by atoms with E-state index in [2.05, 4.69) is 33.5 Å². The monoisotopic (exact) mass is 284 g/mol. The van der Waals surface area contributed by atoms with Crippen molar-refractivity contribution in [3.05, 3.63) is 34.3 Å². The van der Waals surface area contributed by atoms with Crippen molar-refractivity contribution in [2.24, 2.45) is 0 Å². The number of nitrogens with one attached hydrogen (secondary N) is 1. The molecule has 16 heavy (non-hydrogen) atoms. The smallest absolute Gasteiger partial charge is 0.234 e. The Morgan fingerprint density at radius 3 is 2.81 bits per heavy atom. The molecule has 0 fully saturated rings. The Hall–Kier alpha value is -0.870. The first-order valence-corrected chi connectivity index (χ1v) is 6.08. The van der Waals surface area contributed by atoms with E-state index in [4.69, 9.17) is 0 Å². The van der Waals surface area contributed by atoms with Crippen molar-refractivity contribution < 1.29 is 4.79 Å². The SMILES string of the molecule is CN(C)NC(=O)CCCc1cccc(Br)c1. The second-order valence-electron chi connectivity index (χ2n) is 3.91. The first-order chi connectivity index (χ1) is 7.58. The number of carbonyl (C=O) groups excluding carboxylic acids is 1. The van der Waals surface area contributed by atoms with Crippen molar-refractivity contribution >= 4 is 21.8 Å². The van der Waals surface area contributed by atoms with Gasteiger partial charge in [-0.05, 0) is 30.5 Å². The van der Waals surface area contributed by atoms with E-state index in [0.717, 1.165) is 17.3 Å².